The summed E-state index contributed by atoms with van der Waals surface area (Å²) in [5.74, 6) is 5.92. The summed E-state index contributed by atoms with van der Waals surface area (Å²) in [6.07, 6.45) is 0. The minimum absolute atomic E-state index is 0.0700. The minimum atomic E-state index is -0.412. The van der Waals surface area contributed by atoms with E-state index in [1.54, 1.807) is 18.2 Å². The van der Waals surface area contributed by atoms with Crippen LogP contribution in [0.1, 0.15) is 19.4 Å². The van der Waals surface area contributed by atoms with Crippen molar-refractivity contribution in [1.82, 2.24) is 0 Å². The number of nitro groups is 1. The van der Waals surface area contributed by atoms with Gasteiger partial charge >= 0.3 is 0 Å². The van der Waals surface area contributed by atoms with Gasteiger partial charge in [0.2, 0.25) is 0 Å². The van der Waals surface area contributed by atoms with Crippen molar-refractivity contribution in [3.8, 4) is 11.8 Å². The highest BCUT2D eigenvalue weighted by atomic mass is 16.6. The SMILES string of the molecule is CC(C)C#Cc1ccccc1[N+](=O)[O-]. The molecule has 3 nitrogen and oxygen atoms in total. The van der Waals surface area contributed by atoms with Gasteiger partial charge in [0.1, 0.15) is 5.56 Å². The number of para-hydroxylation sites is 1. The molecule has 0 aromatic heterocycles. The maximum Gasteiger partial charge on any atom is 0.284 e. The first-order chi connectivity index (χ1) is 6.61. The topological polar surface area (TPSA) is 43.1 Å². The molecule has 0 aliphatic rings. The average Bonchev–Trinajstić information content (AvgIpc) is 2.15. The number of hydrogen-bond acceptors (Lipinski definition) is 2. The van der Waals surface area contributed by atoms with E-state index >= 15 is 0 Å². The summed E-state index contributed by atoms with van der Waals surface area (Å²) in [6.45, 7) is 3.89. The Morgan fingerprint density at radius 1 is 1.36 bits per heavy atom. The lowest BCUT2D eigenvalue weighted by Crippen LogP contribution is -1.91. The predicted octanol–water partition coefficient (Wildman–Crippen LogP) is 2.60. The van der Waals surface area contributed by atoms with Crippen LogP contribution < -0.4 is 0 Å². The molecule has 1 aromatic carbocycles. The summed E-state index contributed by atoms with van der Waals surface area (Å²) in [6, 6.07) is 6.51. The number of nitrogens with zero attached hydrogens (tertiary/aromatic N) is 1. The third-order valence-electron chi connectivity index (χ3n) is 1.60. The smallest absolute Gasteiger partial charge is 0.258 e. The Morgan fingerprint density at radius 3 is 2.57 bits per heavy atom. The van der Waals surface area contributed by atoms with E-state index in [4.69, 9.17) is 0 Å². The third kappa shape index (κ3) is 2.60. The van der Waals surface area contributed by atoms with Crippen molar-refractivity contribution in [3.05, 3.63) is 39.9 Å². The van der Waals surface area contributed by atoms with E-state index in [1.807, 2.05) is 13.8 Å². The Labute approximate surface area is 82.9 Å². The fourth-order valence-corrected chi connectivity index (χ4v) is 0.961. The monoisotopic (exact) mass is 189 g/mol. The van der Waals surface area contributed by atoms with Crippen molar-refractivity contribution in [2.24, 2.45) is 5.92 Å². The van der Waals surface area contributed by atoms with Crippen LogP contribution in [0.15, 0.2) is 24.3 Å². The van der Waals surface area contributed by atoms with Crippen molar-refractivity contribution in [1.29, 1.82) is 0 Å². The van der Waals surface area contributed by atoms with Gasteiger partial charge in [-0.3, -0.25) is 10.1 Å². The fraction of sp³-hybridized carbons (Fsp3) is 0.273. The zero-order valence-electron chi connectivity index (χ0n) is 8.15. The molecule has 0 bridgehead atoms. The van der Waals surface area contributed by atoms with E-state index in [9.17, 15) is 10.1 Å². The first-order valence-corrected chi connectivity index (χ1v) is 4.36. The van der Waals surface area contributed by atoms with Crippen molar-refractivity contribution >= 4 is 5.69 Å². The van der Waals surface area contributed by atoms with Crippen LogP contribution in [0, 0.1) is 27.9 Å². The van der Waals surface area contributed by atoms with E-state index in [2.05, 4.69) is 11.8 Å². The van der Waals surface area contributed by atoms with E-state index < -0.39 is 4.92 Å². The van der Waals surface area contributed by atoms with Gasteiger partial charge < -0.3 is 0 Å². The largest absolute Gasteiger partial charge is 0.284 e. The molecule has 0 atom stereocenters. The summed E-state index contributed by atoms with van der Waals surface area (Å²) >= 11 is 0. The Bertz CT molecular complexity index is 399. The van der Waals surface area contributed by atoms with E-state index in [0.29, 0.717) is 5.56 Å². The van der Waals surface area contributed by atoms with Crippen molar-refractivity contribution in [2.75, 3.05) is 0 Å². The van der Waals surface area contributed by atoms with E-state index in [0.717, 1.165) is 0 Å². The van der Waals surface area contributed by atoms with Crippen LogP contribution in [0.4, 0.5) is 5.69 Å². The Balaban J connectivity index is 3.10. The van der Waals surface area contributed by atoms with Crippen LogP contribution in [0.25, 0.3) is 0 Å². The van der Waals surface area contributed by atoms with Gasteiger partial charge in [-0.05, 0) is 6.07 Å². The zero-order valence-corrected chi connectivity index (χ0v) is 8.15. The molecule has 0 N–H and O–H groups in total. The molecule has 0 aliphatic heterocycles. The normalized spacial score (nSPS) is 9.36. The second-order valence-corrected chi connectivity index (χ2v) is 3.20. The Morgan fingerprint density at radius 2 is 2.00 bits per heavy atom. The first kappa shape index (κ1) is 10.3. The van der Waals surface area contributed by atoms with Gasteiger partial charge in [0.05, 0.1) is 4.92 Å². The summed E-state index contributed by atoms with van der Waals surface area (Å²) in [5.41, 5.74) is 0.548. The van der Waals surface area contributed by atoms with Gasteiger partial charge in [-0.15, -0.1) is 0 Å². The molecule has 1 aromatic rings. The summed E-state index contributed by atoms with van der Waals surface area (Å²) in [5, 5.41) is 10.6. The first-order valence-electron chi connectivity index (χ1n) is 4.36. The Hall–Kier alpha value is -1.82. The second kappa shape index (κ2) is 4.43. The van der Waals surface area contributed by atoms with Crippen LogP contribution in [-0.2, 0) is 0 Å². The molecule has 14 heavy (non-hydrogen) atoms. The number of hydrogen-bond donors (Lipinski definition) is 0. The standard InChI is InChI=1S/C11H11NO2/c1-9(2)7-8-10-5-3-4-6-11(10)12(13)14/h3-6,9H,1-2H3. The van der Waals surface area contributed by atoms with Gasteiger partial charge in [0.15, 0.2) is 0 Å². The maximum atomic E-state index is 10.6. The van der Waals surface area contributed by atoms with Gasteiger partial charge in [0.25, 0.3) is 5.69 Å². The summed E-state index contributed by atoms with van der Waals surface area (Å²) < 4.78 is 0. The van der Waals surface area contributed by atoms with Gasteiger partial charge in [-0.1, -0.05) is 37.8 Å². The lowest BCUT2D eigenvalue weighted by Gasteiger charge is -1.94. The van der Waals surface area contributed by atoms with Gasteiger partial charge in [-0.2, -0.15) is 0 Å². The fourth-order valence-electron chi connectivity index (χ4n) is 0.961. The number of nitro benzene ring substituents is 1. The molecule has 1 rings (SSSR count). The lowest BCUT2D eigenvalue weighted by molar-refractivity contribution is -0.385. The highest BCUT2D eigenvalue weighted by molar-refractivity contribution is 5.50. The average molecular weight is 189 g/mol. The molecular formula is C11H11NO2. The van der Waals surface area contributed by atoms with Crippen LogP contribution in [0.2, 0.25) is 0 Å². The van der Waals surface area contributed by atoms with Crippen LogP contribution >= 0.6 is 0 Å². The molecule has 3 heteroatoms. The predicted molar refractivity (Wildman–Crippen MR) is 54.8 cm³/mol. The minimum Gasteiger partial charge on any atom is -0.258 e. The summed E-state index contributed by atoms with van der Waals surface area (Å²) in [7, 11) is 0. The van der Waals surface area contributed by atoms with Crippen molar-refractivity contribution < 1.29 is 4.92 Å². The molecule has 0 aliphatic carbocycles. The van der Waals surface area contributed by atoms with Crippen LogP contribution in [0.5, 0.6) is 0 Å². The molecule has 0 spiro atoms. The molecule has 0 heterocycles. The van der Waals surface area contributed by atoms with E-state index in [1.165, 1.54) is 6.07 Å². The van der Waals surface area contributed by atoms with Crippen LogP contribution in [-0.4, -0.2) is 4.92 Å². The molecule has 0 radical (unpaired) electrons. The van der Waals surface area contributed by atoms with Crippen LogP contribution in [0.3, 0.4) is 0 Å². The molecule has 0 amide bonds. The second-order valence-electron chi connectivity index (χ2n) is 3.20. The van der Waals surface area contributed by atoms with E-state index in [-0.39, 0.29) is 11.6 Å². The molecule has 0 fully saturated rings. The molecular weight excluding hydrogens is 178 g/mol. The summed E-state index contributed by atoms with van der Waals surface area (Å²) in [4.78, 5) is 10.2. The number of benzene rings is 1. The number of rotatable bonds is 1. The molecule has 0 saturated heterocycles. The highest BCUT2D eigenvalue weighted by Gasteiger charge is 2.09. The van der Waals surface area contributed by atoms with Crippen molar-refractivity contribution in [2.45, 2.75) is 13.8 Å². The lowest BCUT2D eigenvalue weighted by atomic mass is 10.1. The zero-order chi connectivity index (χ0) is 10.6. The molecule has 0 unspecified atom stereocenters. The quantitative estimate of drug-likeness (QED) is 0.387. The third-order valence-corrected chi connectivity index (χ3v) is 1.60. The Kier molecular flexibility index (Phi) is 3.24. The van der Waals surface area contributed by atoms with Crippen molar-refractivity contribution in [3.63, 3.8) is 0 Å². The highest BCUT2D eigenvalue weighted by Crippen LogP contribution is 2.16. The molecule has 72 valence electrons. The molecule has 0 saturated carbocycles. The van der Waals surface area contributed by atoms with Gasteiger partial charge in [-0.25, -0.2) is 0 Å². The van der Waals surface area contributed by atoms with Gasteiger partial charge in [0, 0.05) is 12.0 Å². The maximum absolute atomic E-state index is 10.6.